The molecule has 0 radical (unpaired) electrons. The first kappa shape index (κ1) is 20.7. The van der Waals surface area contributed by atoms with Crippen molar-refractivity contribution in [1.29, 1.82) is 0 Å². The van der Waals surface area contributed by atoms with Gasteiger partial charge in [-0.3, -0.25) is 10.2 Å². The number of ether oxygens (including phenoxy) is 1. The molecular weight excluding hydrogens is 376 g/mol. The molecule has 0 aromatic heterocycles. The molecule has 6 heteroatoms. The molecule has 2 atom stereocenters. The topological polar surface area (TPSA) is 65.6 Å². The molecule has 0 saturated carbocycles. The second kappa shape index (κ2) is 9.49. The summed E-state index contributed by atoms with van der Waals surface area (Å²) in [5.74, 6) is 1.11. The lowest BCUT2D eigenvalue weighted by atomic mass is 9.94. The van der Waals surface area contributed by atoms with Crippen LogP contribution >= 0.6 is 0 Å². The maximum Gasteiger partial charge on any atom is 0.251 e. The second-order valence-electron chi connectivity index (χ2n) is 8.30. The summed E-state index contributed by atoms with van der Waals surface area (Å²) in [6, 6.07) is 14.3. The third-order valence-corrected chi connectivity index (χ3v) is 6.26. The van der Waals surface area contributed by atoms with Crippen LogP contribution in [0, 0.1) is 12.8 Å². The number of piperidine rings is 1. The molecule has 0 aliphatic carbocycles. The van der Waals surface area contributed by atoms with Gasteiger partial charge in [0.05, 0.1) is 13.2 Å². The van der Waals surface area contributed by atoms with Crippen molar-refractivity contribution >= 4 is 11.6 Å². The van der Waals surface area contributed by atoms with Crippen LogP contribution in [0.25, 0.3) is 0 Å². The standard InChI is InChI=1S/C24H32N4O2/c1-17-6-7-19(14-22(17)28-12-4-3-5-13-28)24(29)25-15-20-16-26-27-23(20)18-8-10-21(30-2)11-9-18/h6-11,14,20,23,26-27H,3-5,12-13,15-16H2,1-2H3,(H,25,29). The molecule has 2 aliphatic heterocycles. The molecule has 6 nitrogen and oxygen atoms in total. The third-order valence-electron chi connectivity index (χ3n) is 6.26. The number of hydrogen-bond donors (Lipinski definition) is 3. The van der Waals surface area contributed by atoms with Crippen molar-refractivity contribution in [2.45, 2.75) is 32.2 Å². The van der Waals surface area contributed by atoms with Gasteiger partial charge in [0, 0.05) is 43.3 Å². The lowest BCUT2D eigenvalue weighted by Gasteiger charge is -2.30. The van der Waals surface area contributed by atoms with Gasteiger partial charge in [0.25, 0.3) is 5.91 Å². The highest BCUT2D eigenvalue weighted by Crippen LogP contribution is 2.27. The fraction of sp³-hybridized carbons (Fsp3) is 0.458. The number of anilines is 1. The summed E-state index contributed by atoms with van der Waals surface area (Å²) in [6.45, 7) is 5.71. The van der Waals surface area contributed by atoms with Gasteiger partial charge in [-0.2, -0.15) is 0 Å². The molecule has 2 aromatic carbocycles. The molecule has 2 unspecified atom stereocenters. The van der Waals surface area contributed by atoms with Gasteiger partial charge >= 0.3 is 0 Å². The van der Waals surface area contributed by atoms with Crippen LogP contribution in [0.2, 0.25) is 0 Å². The number of carbonyl (C=O) groups is 1. The van der Waals surface area contributed by atoms with Gasteiger partial charge in [-0.15, -0.1) is 0 Å². The Morgan fingerprint density at radius 1 is 1.13 bits per heavy atom. The predicted octanol–water partition coefficient (Wildman–Crippen LogP) is 3.19. The van der Waals surface area contributed by atoms with Crippen LogP contribution in [0.3, 0.4) is 0 Å². The molecule has 4 rings (SSSR count). The Morgan fingerprint density at radius 2 is 1.90 bits per heavy atom. The number of nitrogens with zero attached hydrogens (tertiary/aromatic N) is 1. The SMILES string of the molecule is COc1ccc(C2NNCC2CNC(=O)c2ccc(C)c(N3CCCCC3)c2)cc1. The fourth-order valence-electron chi connectivity index (χ4n) is 4.44. The van der Waals surface area contributed by atoms with E-state index in [2.05, 4.69) is 52.3 Å². The van der Waals surface area contributed by atoms with Gasteiger partial charge in [0.1, 0.15) is 5.75 Å². The van der Waals surface area contributed by atoms with Gasteiger partial charge < -0.3 is 15.0 Å². The number of methoxy groups -OCH3 is 1. The van der Waals surface area contributed by atoms with E-state index < -0.39 is 0 Å². The van der Waals surface area contributed by atoms with Crippen molar-refractivity contribution in [3.05, 3.63) is 59.2 Å². The number of amides is 1. The minimum atomic E-state index is -0.00589. The molecule has 160 valence electrons. The smallest absolute Gasteiger partial charge is 0.251 e. The number of rotatable bonds is 6. The molecule has 0 bridgehead atoms. The Labute approximate surface area is 179 Å². The molecule has 2 aliphatic rings. The van der Waals surface area contributed by atoms with E-state index in [0.29, 0.717) is 6.54 Å². The van der Waals surface area contributed by atoms with E-state index in [1.54, 1.807) is 7.11 Å². The average molecular weight is 409 g/mol. The minimum Gasteiger partial charge on any atom is -0.497 e. The molecule has 2 heterocycles. The van der Waals surface area contributed by atoms with E-state index in [1.165, 1.54) is 36.1 Å². The van der Waals surface area contributed by atoms with E-state index in [0.717, 1.165) is 30.9 Å². The van der Waals surface area contributed by atoms with Gasteiger partial charge in [-0.05, 0) is 61.6 Å². The van der Waals surface area contributed by atoms with E-state index in [-0.39, 0.29) is 17.9 Å². The third kappa shape index (κ3) is 4.60. The van der Waals surface area contributed by atoms with Crippen molar-refractivity contribution < 1.29 is 9.53 Å². The summed E-state index contributed by atoms with van der Waals surface area (Å²) >= 11 is 0. The Morgan fingerprint density at radius 3 is 2.63 bits per heavy atom. The maximum absolute atomic E-state index is 12.9. The number of hydrazine groups is 1. The summed E-state index contributed by atoms with van der Waals surface area (Å²) in [5.41, 5.74) is 10.9. The van der Waals surface area contributed by atoms with Crippen molar-refractivity contribution in [1.82, 2.24) is 16.2 Å². The van der Waals surface area contributed by atoms with E-state index in [4.69, 9.17) is 4.74 Å². The maximum atomic E-state index is 12.9. The number of nitrogens with one attached hydrogen (secondary N) is 3. The van der Waals surface area contributed by atoms with Crippen LogP contribution in [-0.2, 0) is 0 Å². The van der Waals surface area contributed by atoms with Crippen LogP contribution in [-0.4, -0.2) is 39.2 Å². The Balaban J connectivity index is 1.40. The van der Waals surface area contributed by atoms with Crippen LogP contribution in [0.5, 0.6) is 5.75 Å². The predicted molar refractivity (Wildman–Crippen MR) is 120 cm³/mol. The van der Waals surface area contributed by atoms with Crippen molar-refractivity contribution in [3.8, 4) is 5.75 Å². The quantitative estimate of drug-likeness (QED) is 0.685. The fourth-order valence-corrected chi connectivity index (χ4v) is 4.44. The zero-order valence-corrected chi connectivity index (χ0v) is 17.9. The van der Waals surface area contributed by atoms with E-state index >= 15 is 0 Å². The average Bonchev–Trinajstić information content (AvgIpc) is 3.27. The minimum absolute atomic E-state index is 0.00589. The summed E-state index contributed by atoms with van der Waals surface area (Å²) < 4.78 is 5.25. The summed E-state index contributed by atoms with van der Waals surface area (Å²) in [5, 5.41) is 3.15. The highest BCUT2D eigenvalue weighted by molar-refractivity contribution is 5.95. The van der Waals surface area contributed by atoms with Gasteiger partial charge in [0.15, 0.2) is 0 Å². The molecular formula is C24H32N4O2. The van der Waals surface area contributed by atoms with Crippen LogP contribution in [0.1, 0.15) is 46.8 Å². The van der Waals surface area contributed by atoms with Crippen molar-refractivity contribution in [2.24, 2.45) is 5.92 Å². The zero-order chi connectivity index (χ0) is 20.9. The van der Waals surface area contributed by atoms with Gasteiger partial charge in [-0.25, -0.2) is 5.43 Å². The summed E-state index contributed by atoms with van der Waals surface area (Å²) in [6.07, 6.45) is 3.75. The van der Waals surface area contributed by atoms with Crippen LogP contribution in [0.4, 0.5) is 5.69 Å². The molecule has 3 N–H and O–H groups in total. The van der Waals surface area contributed by atoms with E-state index in [1.807, 2.05) is 18.2 Å². The Bertz CT molecular complexity index is 862. The molecule has 2 fully saturated rings. The molecule has 0 spiro atoms. The molecule has 2 aromatic rings. The number of carbonyl (C=O) groups excluding carboxylic acids is 1. The number of hydrogen-bond acceptors (Lipinski definition) is 5. The normalized spacial score (nSPS) is 21.5. The lowest BCUT2D eigenvalue weighted by Crippen LogP contribution is -2.33. The highest BCUT2D eigenvalue weighted by atomic mass is 16.5. The van der Waals surface area contributed by atoms with Crippen LogP contribution in [0.15, 0.2) is 42.5 Å². The first-order chi connectivity index (χ1) is 14.7. The van der Waals surface area contributed by atoms with Gasteiger partial charge in [0.2, 0.25) is 0 Å². The van der Waals surface area contributed by atoms with Crippen LogP contribution < -0.4 is 25.8 Å². The summed E-state index contributed by atoms with van der Waals surface area (Å²) in [7, 11) is 1.67. The largest absolute Gasteiger partial charge is 0.497 e. The number of benzene rings is 2. The zero-order valence-electron chi connectivity index (χ0n) is 17.9. The Kier molecular flexibility index (Phi) is 6.55. The first-order valence-electron chi connectivity index (χ1n) is 10.9. The first-order valence-corrected chi connectivity index (χ1v) is 10.9. The molecule has 1 amide bonds. The Hall–Kier alpha value is -2.57. The highest BCUT2D eigenvalue weighted by Gasteiger charge is 2.28. The monoisotopic (exact) mass is 408 g/mol. The lowest BCUT2D eigenvalue weighted by molar-refractivity contribution is 0.0947. The van der Waals surface area contributed by atoms with E-state index in [9.17, 15) is 4.79 Å². The number of aryl methyl sites for hydroxylation is 1. The molecule has 2 saturated heterocycles. The van der Waals surface area contributed by atoms with Crippen molar-refractivity contribution in [3.63, 3.8) is 0 Å². The van der Waals surface area contributed by atoms with Crippen molar-refractivity contribution in [2.75, 3.05) is 38.2 Å². The second-order valence-corrected chi connectivity index (χ2v) is 8.30. The molecule has 30 heavy (non-hydrogen) atoms. The van der Waals surface area contributed by atoms with Gasteiger partial charge in [-0.1, -0.05) is 18.2 Å². The summed E-state index contributed by atoms with van der Waals surface area (Å²) in [4.78, 5) is 15.3.